The summed E-state index contributed by atoms with van der Waals surface area (Å²) in [5, 5.41) is 5.18. The average molecular weight is 305 g/mol. The number of fused-ring (bicyclic) bond motifs is 1. The minimum atomic E-state index is -0.389. The molecule has 0 aliphatic heterocycles. The highest BCUT2D eigenvalue weighted by atomic mass is 32.1. The Balaban J connectivity index is 2.00. The van der Waals surface area contributed by atoms with Gasteiger partial charge in [0.05, 0.1) is 6.54 Å². The molecule has 0 aromatic carbocycles. The summed E-state index contributed by atoms with van der Waals surface area (Å²) in [5.41, 5.74) is 1.13. The van der Waals surface area contributed by atoms with Crippen LogP contribution in [0.15, 0.2) is 21.0 Å². The van der Waals surface area contributed by atoms with Crippen LogP contribution in [0.2, 0.25) is 0 Å². The number of anilines is 1. The van der Waals surface area contributed by atoms with Crippen molar-refractivity contribution >= 4 is 28.4 Å². The molecule has 0 bridgehead atoms. The van der Waals surface area contributed by atoms with Crippen molar-refractivity contribution in [3.8, 4) is 0 Å². The van der Waals surface area contributed by atoms with Crippen LogP contribution < -0.4 is 16.6 Å². The van der Waals surface area contributed by atoms with Gasteiger partial charge in [0.2, 0.25) is 5.95 Å². The number of aromatic nitrogens is 4. The summed E-state index contributed by atoms with van der Waals surface area (Å²) in [6.07, 6.45) is 0. The Morgan fingerprint density at radius 3 is 2.76 bits per heavy atom. The van der Waals surface area contributed by atoms with Gasteiger partial charge in [-0.05, 0) is 23.9 Å². The summed E-state index contributed by atoms with van der Waals surface area (Å²) in [7, 11) is 3.05. The molecule has 3 aromatic heterocycles. The zero-order valence-corrected chi connectivity index (χ0v) is 12.7. The first-order valence-electron chi connectivity index (χ1n) is 6.41. The van der Waals surface area contributed by atoms with Crippen molar-refractivity contribution in [1.29, 1.82) is 0 Å². The molecule has 0 radical (unpaired) electrons. The summed E-state index contributed by atoms with van der Waals surface area (Å²) in [4.78, 5) is 32.4. The Bertz CT molecular complexity index is 930. The molecule has 0 aliphatic rings. The molecule has 0 spiro atoms. The molecule has 7 nitrogen and oxygen atoms in total. The number of hydrogen-bond acceptors (Lipinski definition) is 5. The van der Waals surface area contributed by atoms with Gasteiger partial charge >= 0.3 is 5.69 Å². The predicted molar refractivity (Wildman–Crippen MR) is 83.0 cm³/mol. The van der Waals surface area contributed by atoms with Crippen molar-refractivity contribution in [2.24, 2.45) is 14.1 Å². The van der Waals surface area contributed by atoms with Gasteiger partial charge in [-0.2, -0.15) is 4.98 Å². The Morgan fingerprint density at radius 1 is 1.33 bits per heavy atom. The third-order valence-electron chi connectivity index (χ3n) is 3.48. The van der Waals surface area contributed by atoms with Crippen molar-refractivity contribution in [3.63, 3.8) is 0 Å². The molecule has 2 N–H and O–H groups in total. The number of aromatic amines is 1. The molecule has 21 heavy (non-hydrogen) atoms. The molecule has 0 atom stereocenters. The largest absolute Gasteiger partial charge is 0.351 e. The lowest BCUT2D eigenvalue weighted by Crippen LogP contribution is -2.36. The molecule has 0 saturated carbocycles. The van der Waals surface area contributed by atoms with E-state index in [1.807, 2.05) is 12.3 Å². The standard InChI is InChI=1S/C13H15N5O2S/c1-7-4-5-21-8(7)6-14-12-15-9-10(16-12)17(2)13(20)18(3)11(9)19/h4-5H,6H2,1-3H3,(H2,14,15,16). The lowest BCUT2D eigenvalue weighted by molar-refractivity contribution is 0.709. The number of hydrogen-bond donors (Lipinski definition) is 2. The van der Waals surface area contributed by atoms with Crippen LogP contribution in [0, 0.1) is 6.92 Å². The number of nitrogens with one attached hydrogen (secondary N) is 2. The van der Waals surface area contributed by atoms with Gasteiger partial charge in [-0.3, -0.25) is 13.9 Å². The van der Waals surface area contributed by atoms with Crippen molar-refractivity contribution in [3.05, 3.63) is 42.7 Å². The average Bonchev–Trinajstić information content (AvgIpc) is 3.07. The van der Waals surface area contributed by atoms with Gasteiger partial charge in [-0.25, -0.2) is 4.79 Å². The third-order valence-corrected chi connectivity index (χ3v) is 4.50. The first-order valence-corrected chi connectivity index (χ1v) is 7.29. The van der Waals surface area contributed by atoms with Crippen LogP contribution >= 0.6 is 11.3 Å². The quantitative estimate of drug-likeness (QED) is 0.754. The number of aryl methyl sites for hydroxylation is 2. The van der Waals surface area contributed by atoms with E-state index >= 15 is 0 Å². The Labute approximate surface area is 123 Å². The van der Waals surface area contributed by atoms with E-state index in [1.54, 1.807) is 18.4 Å². The van der Waals surface area contributed by atoms with Crippen LogP contribution in [0.3, 0.4) is 0 Å². The van der Waals surface area contributed by atoms with E-state index in [2.05, 4.69) is 21.4 Å². The van der Waals surface area contributed by atoms with Crippen LogP contribution in [-0.2, 0) is 20.6 Å². The number of H-pyrrole nitrogens is 1. The molecule has 8 heteroatoms. The summed E-state index contributed by atoms with van der Waals surface area (Å²) in [6.45, 7) is 2.67. The fraction of sp³-hybridized carbons (Fsp3) is 0.308. The van der Waals surface area contributed by atoms with E-state index in [9.17, 15) is 9.59 Å². The zero-order valence-electron chi connectivity index (χ0n) is 11.9. The molecule has 0 amide bonds. The molecular formula is C13H15N5O2S. The Kier molecular flexibility index (Phi) is 3.17. The highest BCUT2D eigenvalue weighted by Gasteiger charge is 2.13. The first-order chi connectivity index (χ1) is 9.99. The van der Waals surface area contributed by atoms with Crippen molar-refractivity contribution in [2.45, 2.75) is 13.5 Å². The second-order valence-electron chi connectivity index (χ2n) is 4.87. The molecule has 0 aliphatic carbocycles. The van der Waals surface area contributed by atoms with Crippen LogP contribution in [0.25, 0.3) is 11.2 Å². The number of imidazole rings is 1. The van der Waals surface area contributed by atoms with Gasteiger partial charge < -0.3 is 10.3 Å². The fourth-order valence-corrected chi connectivity index (χ4v) is 3.00. The predicted octanol–water partition coefficient (Wildman–Crippen LogP) is 0.942. The minimum Gasteiger partial charge on any atom is -0.351 e. The Morgan fingerprint density at radius 2 is 2.10 bits per heavy atom. The van der Waals surface area contributed by atoms with E-state index in [0.29, 0.717) is 23.7 Å². The van der Waals surface area contributed by atoms with Crippen molar-refractivity contribution in [1.82, 2.24) is 19.1 Å². The number of thiophene rings is 1. The first kappa shape index (κ1) is 13.6. The van der Waals surface area contributed by atoms with Crippen LogP contribution in [0.1, 0.15) is 10.4 Å². The van der Waals surface area contributed by atoms with Crippen LogP contribution in [0.5, 0.6) is 0 Å². The monoisotopic (exact) mass is 305 g/mol. The Hall–Kier alpha value is -2.35. The van der Waals surface area contributed by atoms with Gasteiger partial charge in [-0.15, -0.1) is 11.3 Å². The molecular weight excluding hydrogens is 290 g/mol. The van der Waals surface area contributed by atoms with Crippen molar-refractivity contribution in [2.75, 3.05) is 5.32 Å². The summed E-state index contributed by atoms with van der Waals surface area (Å²) < 4.78 is 2.42. The molecule has 3 heterocycles. The zero-order chi connectivity index (χ0) is 15.1. The van der Waals surface area contributed by atoms with E-state index < -0.39 is 0 Å². The molecule has 0 fully saturated rings. The van der Waals surface area contributed by atoms with E-state index in [-0.39, 0.29) is 11.2 Å². The summed E-state index contributed by atoms with van der Waals surface area (Å²) in [5.74, 6) is 0.483. The van der Waals surface area contributed by atoms with E-state index in [1.165, 1.54) is 22.1 Å². The lowest BCUT2D eigenvalue weighted by atomic mass is 10.3. The van der Waals surface area contributed by atoms with E-state index in [4.69, 9.17) is 0 Å². The maximum absolute atomic E-state index is 12.1. The highest BCUT2D eigenvalue weighted by molar-refractivity contribution is 7.10. The van der Waals surface area contributed by atoms with Gasteiger partial charge in [0.25, 0.3) is 5.56 Å². The normalized spacial score (nSPS) is 11.2. The van der Waals surface area contributed by atoms with E-state index in [0.717, 1.165) is 4.57 Å². The summed E-state index contributed by atoms with van der Waals surface area (Å²) in [6, 6.07) is 2.06. The molecule has 3 aromatic rings. The molecule has 3 rings (SSSR count). The minimum absolute atomic E-state index is 0.324. The highest BCUT2D eigenvalue weighted by Crippen LogP contribution is 2.17. The number of rotatable bonds is 3. The smallest absolute Gasteiger partial charge is 0.332 e. The van der Waals surface area contributed by atoms with Crippen LogP contribution in [-0.4, -0.2) is 19.1 Å². The fourth-order valence-electron chi connectivity index (χ4n) is 2.16. The van der Waals surface area contributed by atoms with Crippen LogP contribution in [0.4, 0.5) is 5.95 Å². The van der Waals surface area contributed by atoms with Crippen molar-refractivity contribution < 1.29 is 0 Å². The SMILES string of the molecule is Cc1ccsc1CNc1nc2c([nH]1)c(=O)n(C)c(=O)n2C. The van der Waals surface area contributed by atoms with Gasteiger partial charge in [-0.1, -0.05) is 0 Å². The molecule has 0 saturated heterocycles. The molecule has 0 unspecified atom stereocenters. The maximum atomic E-state index is 12.1. The molecule has 110 valence electrons. The topological polar surface area (TPSA) is 84.7 Å². The van der Waals surface area contributed by atoms with Gasteiger partial charge in [0, 0.05) is 19.0 Å². The maximum Gasteiger partial charge on any atom is 0.332 e. The summed E-state index contributed by atoms with van der Waals surface area (Å²) >= 11 is 1.66. The number of nitrogens with zero attached hydrogens (tertiary/aromatic N) is 3. The third kappa shape index (κ3) is 2.17. The second kappa shape index (κ2) is 4.88. The van der Waals surface area contributed by atoms with Gasteiger partial charge in [0.15, 0.2) is 11.2 Å². The lowest BCUT2D eigenvalue weighted by Gasteiger charge is -2.01. The second-order valence-corrected chi connectivity index (χ2v) is 5.87. The van der Waals surface area contributed by atoms with Gasteiger partial charge in [0.1, 0.15) is 0 Å².